The zero-order valence-electron chi connectivity index (χ0n) is 20.6. The lowest BCUT2D eigenvalue weighted by molar-refractivity contribution is 0.262. The van der Waals surface area contributed by atoms with Crippen LogP contribution in [-0.2, 0) is 19.7 Å². The van der Waals surface area contributed by atoms with E-state index in [2.05, 4.69) is 36.1 Å². The molecule has 0 spiro atoms. The lowest BCUT2D eigenvalue weighted by atomic mass is 10.1. The van der Waals surface area contributed by atoms with Crippen LogP contribution in [0.4, 0.5) is 5.82 Å². The molecule has 0 saturated heterocycles. The first kappa shape index (κ1) is 24.6. The number of aryl methyl sites for hydroxylation is 1. The van der Waals surface area contributed by atoms with E-state index in [1.54, 1.807) is 24.9 Å². The number of rotatable bonds is 10. The average molecular weight is 565 g/mol. The van der Waals surface area contributed by atoms with E-state index in [9.17, 15) is 0 Å². The summed E-state index contributed by atoms with van der Waals surface area (Å²) in [6.07, 6.45) is 1.77. The number of fused-ring (bicyclic) bond motifs is 1. The van der Waals surface area contributed by atoms with E-state index >= 15 is 0 Å². The Morgan fingerprint density at radius 3 is 2.08 bits per heavy atom. The minimum absolute atomic E-state index is 0.176. The van der Waals surface area contributed by atoms with E-state index in [0.717, 1.165) is 22.6 Å². The highest BCUT2D eigenvalue weighted by atomic mass is 79.9. The molecule has 0 atom stereocenters. The molecule has 11 heteroatoms. The van der Waals surface area contributed by atoms with Crippen LogP contribution in [0.2, 0.25) is 0 Å². The van der Waals surface area contributed by atoms with E-state index in [-0.39, 0.29) is 12.6 Å². The van der Waals surface area contributed by atoms with Crippen molar-refractivity contribution in [1.82, 2.24) is 24.7 Å². The SMILES string of the molecule is COc1ccc(CN(Cc2ccc(OC)cc2)c2nc(OCc3cc(C)on3)nn3cc(Br)nc23)cc1. The highest BCUT2D eigenvalue weighted by Gasteiger charge is 2.20. The summed E-state index contributed by atoms with van der Waals surface area (Å²) in [6.45, 7) is 3.13. The van der Waals surface area contributed by atoms with E-state index in [0.29, 0.717) is 40.6 Å². The van der Waals surface area contributed by atoms with Crippen LogP contribution in [0.25, 0.3) is 5.65 Å². The Kier molecular flexibility index (Phi) is 7.22. The van der Waals surface area contributed by atoms with Gasteiger partial charge in [-0.2, -0.15) is 4.98 Å². The van der Waals surface area contributed by atoms with E-state index < -0.39 is 0 Å². The van der Waals surface area contributed by atoms with Crippen molar-refractivity contribution >= 4 is 27.4 Å². The zero-order chi connectivity index (χ0) is 25.8. The molecule has 0 unspecified atom stereocenters. The Bertz CT molecular complexity index is 1430. The van der Waals surface area contributed by atoms with Crippen molar-refractivity contribution in [3.63, 3.8) is 0 Å². The molecule has 37 heavy (non-hydrogen) atoms. The van der Waals surface area contributed by atoms with Gasteiger partial charge in [0, 0.05) is 19.2 Å². The maximum Gasteiger partial charge on any atom is 0.336 e. The van der Waals surface area contributed by atoms with E-state index in [1.165, 1.54) is 0 Å². The molecule has 2 aromatic carbocycles. The predicted octanol–water partition coefficient (Wildman–Crippen LogP) is 4.99. The molecule has 5 rings (SSSR count). The third-order valence-electron chi connectivity index (χ3n) is 5.64. The van der Waals surface area contributed by atoms with Gasteiger partial charge in [-0.1, -0.05) is 29.4 Å². The third kappa shape index (κ3) is 5.83. The summed E-state index contributed by atoms with van der Waals surface area (Å²) in [4.78, 5) is 11.5. The summed E-state index contributed by atoms with van der Waals surface area (Å²) in [6, 6.07) is 17.9. The number of ether oxygens (including phenoxy) is 3. The summed E-state index contributed by atoms with van der Waals surface area (Å²) in [5.41, 5.74) is 3.41. The molecule has 0 aliphatic carbocycles. The van der Waals surface area contributed by atoms with Crippen molar-refractivity contribution in [3.05, 3.63) is 88.0 Å². The molecular weight excluding hydrogens is 540 g/mol. The number of aromatic nitrogens is 5. The van der Waals surface area contributed by atoms with Gasteiger partial charge < -0.3 is 23.6 Å². The Labute approximate surface area is 221 Å². The van der Waals surface area contributed by atoms with Gasteiger partial charge in [0.25, 0.3) is 0 Å². The Balaban J connectivity index is 1.52. The van der Waals surface area contributed by atoms with Crippen LogP contribution in [0, 0.1) is 6.92 Å². The Morgan fingerprint density at radius 2 is 1.54 bits per heavy atom. The fourth-order valence-electron chi connectivity index (χ4n) is 3.83. The molecule has 0 N–H and O–H groups in total. The Morgan fingerprint density at radius 1 is 0.919 bits per heavy atom. The minimum atomic E-state index is 0.176. The third-order valence-corrected chi connectivity index (χ3v) is 6.03. The second kappa shape index (κ2) is 10.9. The van der Waals surface area contributed by atoms with E-state index in [1.807, 2.05) is 61.5 Å². The van der Waals surface area contributed by atoms with Gasteiger partial charge in [-0.3, -0.25) is 0 Å². The molecule has 0 radical (unpaired) electrons. The molecule has 0 aliphatic heterocycles. The highest BCUT2D eigenvalue weighted by Crippen LogP contribution is 2.27. The number of methoxy groups -OCH3 is 2. The van der Waals surface area contributed by atoms with Gasteiger partial charge in [0.15, 0.2) is 11.5 Å². The fourth-order valence-corrected chi connectivity index (χ4v) is 4.20. The number of hydrogen-bond acceptors (Lipinski definition) is 9. The van der Waals surface area contributed by atoms with E-state index in [4.69, 9.17) is 23.7 Å². The van der Waals surface area contributed by atoms with Crippen LogP contribution in [0.1, 0.15) is 22.6 Å². The van der Waals surface area contributed by atoms with Crippen LogP contribution in [0.15, 0.2) is 69.9 Å². The number of nitrogens with zero attached hydrogens (tertiary/aromatic N) is 6. The van der Waals surface area contributed by atoms with Crippen molar-refractivity contribution in [2.75, 3.05) is 19.1 Å². The largest absolute Gasteiger partial charge is 0.497 e. The molecule has 10 nitrogen and oxygen atoms in total. The van der Waals surface area contributed by atoms with Crippen LogP contribution >= 0.6 is 15.9 Å². The maximum absolute atomic E-state index is 5.91. The standard InChI is InChI=1S/C26H25BrN6O4/c1-17-12-20(31-37-17)16-36-26-29-24(25-28-23(27)15-33(25)30-26)32(13-18-4-8-21(34-2)9-5-18)14-19-6-10-22(35-3)11-7-19/h4-12,15H,13-14,16H2,1-3H3. The first-order valence-electron chi connectivity index (χ1n) is 11.5. The number of halogens is 1. The number of hydrogen-bond donors (Lipinski definition) is 0. The van der Waals surface area contributed by atoms with Crippen molar-refractivity contribution in [3.8, 4) is 17.5 Å². The summed E-state index contributed by atoms with van der Waals surface area (Å²) >= 11 is 3.47. The zero-order valence-corrected chi connectivity index (χ0v) is 22.2. The molecule has 0 fully saturated rings. The molecule has 5 aromatic rings. The normalized spacial score (nSPS) is 11.0. The van der Waals surface area contributed by atoms with Crippen molar-refractivity contribution in [1.29, 1.82) is 0 Å². The summed E-state index contributed by atoms with van der Waals surface area (Å²) < 4.78 is 24.0. The maximum atomic E-state index is 5.91. The van der Waals surface area contributed by atoms with Gasteiger partial charge in [-0.25, -0.2) is 9.50 Å². The lowest BCUT2D eigenvalue weighted by Gasteiger charge is -2.25. The lowest BCUT2D eigenvalue weighted by Crippen LogP contribution is -2.24. The molecule has 3 heterocycles. The van der Waals surface area contributed by atoms with Gasteiger partial charge in [0.1, 0.15) is 34.2 Å². The molecule has 0 saturated carbocycles. The molecule has 0 bridgehead atoms. The van der Waals surface area contributed by atoms with Gasteiger partial charge in [0.2, 0.25) is 0 Å². The monoisotopic (exact) mass is 564 g/mol. The topological polar surface area (TPSA) is 100 Å². The molecule has 0 amide bonds. The van der Waals surface area contributed by atoms with Crippen LogP contribution in [-0.4, -0.2) is 39.0 Å². The smallest absolute Gasteiger partial charge is 0.336 e. The van der Waals surface area contributed by atoms with Gasteiger partial charge in [0.05, 0.1) is 20.4 Å². The van der Waals surface area contributed by atoms with Crippen LogP contribution in [0.3, 0.4) is 0 Å². The minimum Gasteiger partial charge on any atom is -0.497 e. The van der Waals surface area contributed by atoms with Crippen LogP contribution in [0.5, 0.6) is 17.5 Å². The number of benzene rings is 2. The molecular formula is C26H25BrN6O4. The van der Waals surface area contributed by atoms with Gasteiger partial charge in [-0.15, -0.1) is 5.10 Å². The predicted molar refractivity (Wildman–Crippen MR) is 140 cm³/mol. The van der Waals surface area contributed by atoms with Gasteiger partial charge in [-0.05, 0) is 58.2 Å². The second-order valence-electron chi connectivity index (χ2n) is 8.32. The molecule has 190 valence electrons. The summed E-state index contributed by atoms with van der Waals surface area (Å²) in [7, 11) is 3.31. The highest BCUT2D eigenvalue weighted by molar-refractivity contribution is 9.10. The Hall–Kier alpha value is -4.12. The number of anilines is 1. The number of imidazole rings is 1. The molecule has 0 aliphatic rings. The molecule has 3 aromatic heterocycles. The summed E-state index contributed by atoms with van der Waals surface area (Å²) in [5, 5.41) is 8.47. The van der Waals surface area contributed by atoms with Crippen molar-refractivity contribution < 1.29 is 18.7 Å². The van der Waals surface area contributed by atoms with Crippen LogP contribution < -0.4 is 19.1 Å². The second-order valence-corrected chi connectivity index (χ2v) is 9.13. The average Bonchev–Trinajstić information content (AvgIpc) is 3.51. The first-order chi connectivity index (χ1) is 18.0. The van der Waals surface area contributed by atoms with Crippen molar-refractivity contribution in [2.24, 2.45) is 0 Å². The fraction of sp³-hybridized carbons (Fsp3) is 0.231. The quantitative estimate of drug-likeness (QED) is 0.232. The summed E-state index contributed by atoms with van der Waals surface area (Å²) in [5.74, 6) is 2.93. The first-order valence-corrected chi connectivity index (χ1v) is 12.3. The van der Waals surface area contributed by atoms with Crippen molar-refractivity contribution in [2.45, 2.75) is 26.6 Å². The van der Waals surface area contributed by atoms with Gasteiger partial charge >= 0.3 is 6.01 Å².